The Morgan fingerprint density at radius 1 is 0.950 bits per heavy atom. The first kappa shape index (κ1) is 15.4. The van der Waals surface area contributed by atoms with Gasteiger partial charge in [0.1, 0.15) is 0 Å². The van der Waals surface area contributed by atoms with Crippen molar-refractivity contribution >= 4 is 20.0 Å². The molecule has 0 aromatic heterocycles. The van der Waals surface area contributed by atoms with Gasteiger partial charge in [-0.05, 0) is 30.5 Å². The highest BCUT2D eigenvalue weighted by Gasteiger charge is 2.25. The van der Waals surface area contributed by atoms with Crippen LogP contribution in [0.25, 0.3) is 0 Å². The number of rotatable bonds is 4. The molecule has 0 unspecified atom stereocenters. The van der Waals surface area contributed by atoms with E-state index in [0.717, 1.165) is 19.3 Å². The van der Waals surface area contributed by atoms with Crippen LogP contribution in [0.3, 0.4) is 0 Å². The standard InChI is InChI=1S/C12H18N2O4S2/c13-19(15,16)10-11-4-6-12(7-5-11)20(17,18)14-8-2-1-3-9-14/h4-7H,1-3,8-10H2,(H2,13,15,16). The topological polar surface area (TPSA) is 97.5 Å². The number of nitrogens with two attached hydrogens (primary N) is 1. The van der Waals surface area contributed by atoms with Gasteiger partial charge in [0.15, 0.2) is 0 Å². The summed E-state index contributed by atoms with van der Waals surface area (Å²) < 4.78 is 48.2. The smallest absolute Gasteiger partial charge is 0.228 e. The Morgan fingerprint density at radius 2 is 1.50 bits per heavy atom. The molecule has 112 valence electrons. The van der Waals surface area contributed by atoms with Crippen LogP contribution in [-0.4, -0.2) is 34.2 Å². The number of sulfonamides is 2. The first-order valence-corrected chi connectivity index (χ1v) is 9.54. The van der Waals surface area contributed by atoms with Crippen molar-refractivity contribution in [2.75, 3.05) is 13.1 Å². The highest BCUT2D eigenvalue weighted by atomic mass is 32.2. The summed E-state index contributed by atoms with van der Waals surface area (Å²) in [6.45, 7) is 1.09. The Hall–Kier alpha value is -0.960. The number of primary sulfonamides is 1. The van der Waals surface area contributed by atoms with Crippen molar-refractivity contribution in [1.82, 2.24) is 4.31 Å². The quantitative estimate of drug-likeness (QED) is 0.881. The molecule has 1 aromatic rings. The lowest BCUT2D eigenvalue weighted by Crippen LogP contribution is -2.35. The minimum atomic E-state index is -3.61. The Morgan fingerprint density at radius 3 is 2.00 bits per heavy atom. The van der Waals surface area contributed by atoms with Crippen molar-refractivity contribution in [1.29, 1.82) is 0 Å². The zero-order chi connectivity index (χ0) is 14.8. The van der Waals surface area contributed by atoms with Crippen LogP contribution >= 0.6 is 0 Å². The number of piperidine rings is 1. The molecule has 1 aromatic carbocycles. The molecule has 1 saturated heterocycles. The molecule has 1 fully saturated rings. The largest absolute Gasteiger partial charge is 0.243 e. The van der Waals surface area contributed by atoms with Crippen LogP contribution in [0.2, 0.25) is 0 Å². The molecule has 2 N–H and O–H groups in total. The van der Waals surface area contributed by atoms with Crippen molar-refractivity contribution in [2.24, 2.45) is 5.14 Å². The maximum atomic E-state index is 12.4. The van der Waals surface area contributed by atoms with E-state index in [4.69, 9.17) is 5.14 Å². The zero-order valence-electron chi connectivity index (χ0n) is 11.0. The van der Waals surface area contributed by atoms with Crippen molar-refractivity contribution in [3.63, 3.8) is 0 Å². The van der Waals surface area contributed by atoms with Gasteiger partial charge in [-0.25, -0.2) is 22.0 Å². The summed E-state index contributed by atoms with van der Waals surface area (Å²) in [5.74, 6) is -0.295. The molecule has 20 heavy (non-hydrogen) atoms. The SMILES string of the molecule is NS(=O)(=O)Cc1ccc(S(=O)(=O)N2CCCCC2)cc1. The molecule has 0 atom stereocenters. The molecule has 2 rings (SSSR count). The summed E-state index contributed by atoms with van der Waals surface area (Å²) >= 11 is 0. The zero-order valence-corrected chi connectivity index (χ0v) is 12.7. The van der Waals surface area contributed by atoms with Crippen molar-refractivity contribution in [3.8, 4) is 0 Å². The molecule has 0 saturated carbocycles. The van der Waals surface area contributed by atoms with E-state index in [1.165, 1.54) is 28.6 Å². The predicted octanol–water partition coefficient (Wildman–Crippen LogP) is 0.650. The molecular weight excluding hydrogens is 300 g/mol. The van der Waals surface area contributed by atoms with Crippen molar-refractivity contribution in [2.45, 2.75) is 29.9 Å². The summed E-state index contributed by atoms with van der Waals surface area (Å²) in [6, 6.07) is 5.84. The normalized spacial score (nSPS) is 18.1. The fourth-order valence-electron chi connectivity index (χ4n) is 2.24. The summed E-state index contributed by atoms with van der Waals surface area (Å²) in [4.78, 5) is 0.192. The Bertz CT molecular complexity index is 660. The summed E-state index contributed by atoms with van der Waals surface area (Å²) in [7, 11) is -7.08. The fraction of sp³-hybridized carbons (Fsp3) is 0.500. The van der Waals surface area contributed by atoms with Gasteiger partial charge >= 0.3 is 0 Å². The summed E-state index contributed by atoms with van der Waals surface area (Å²) in [5, 5.41) is 4.95. The van der Waals surface area contributed by atoms with E-state index in [0.29, 0.717) is 18.7 Å². The Kier molecular flexibility index (Phi) is 4.48. The van der Waals surface area contributed by atoms with Crippen LogP contribution in [0.5, 0.6) is 0 Å². The van der Waals surface area contributed by atoms with Crippen LogP contribution in [0, 0.1) is 0 Å². The number of benzene rings is 1. The highest BCUT2D eigenvalue weighted by Crippen LogP contribution is 2.21. The van der Waals surface area contributed by atoms with E-state index in [-0.39, 0.29) is 10.6 Å². The molecule has 1 aliphatic heterocycles. The Labute approximate surface area is 119 Å². The second-order valence-electron chi connectivity index (χ2n) is 4.92. The third-order valence-corrected chi connectivity index (χ3v) is 5.89. The molecular formula is C12H18N2O4S2. The minimum absolute atomic E-state index is 0.192. The van der Waals surface area contributed by atoms with E-state index in [1.54, 1.807) is 0 Å². The van der Waals surface area contributed by atoms with Gasteiger partial charge in [0.2, 0.25) is 20.0 Å². The first-order chi connectivity index (χ1) is 9.29. The van der Waals surface area contributed by atoms with Gasteiger partial charge in [0.25, 0.3) is 0 Å². The third kappa shape index (κ3) is 3.78. The number of hydrogen-bond acceptors (Lipinski definition) is 4. The molecule has 1 aliphatic rings. The molecule has 8 heteroatoms. The lowest BCUT2D eigenvalue weighted by molar-refractivity contribution is 0.346. The van der Waals surface area contributed by atoms with E-state index in [2.05, 4.69) is 0 Å². The summed E-state index contributed by atoms with van der Waals surface area (Å²) in [5.41, 5.74) is 0.477. The number of hydrogen-bond donors (Lipinski definition) is 1. The van der Waals surface area contributed by atoms with Gasteiger partial charge in [-0.3, -0.25) is 0 Å². The van der Waals surface area contributed by atoms with Gasteiger partial charge in [-0.15, -0.1) is 0 Å². The Balaban J connectivity index is 2.20. The van der Waals surface area contributed by atoms with E-state index in [1.807, 2.05) is 0 Å². The predicted molar refractivity (Wildman–Crippen MR) is 75.9 cm³/mol. The minimum Gasteiger partial charge on any atom is -0.228 e. The average molecular weight is 318 g/mol. The van der Waals surface area contributed by atoms with Gasteiger partial charge in [-0.2, -0.15) is 4.31 Å². The molecule has 0 radical (unpaired) electrons. The van der Waals surface area contributed by atoms with Crippen LogP contribution < -0.4 is 5.14 Å². The van der Waals surface area contributed by atoms with E-state index < -0.39 is 20.0 Å². The van der Waals surface area contributed by atoms with Gasteiger partial charge in [0, 0.05) is 13.1 Å². The van der Waals surface area contributed by atoms with E-state index in [9.17, 15) is 16.8 Å². The number of nitrogens with zero attached hydrogens (tertiary/aromatic N) is 1. The monoisotopic (exact) mass is 318 g/mol. The molecule has 0 bridgehead atoms. The van der Waals surface area contributed by atoms with E-state index >= 15 is 0 Å². The van der Waals surface area contributed by atoms with Crippen LogP contribution in [0.1, 0.15) is 24.8 Å². The van der Waals surface area contributed by atoms with Gasteiger partial charge in [-0.1, -0.05) is 18.6 Å². The summed E-state index contributed by atoms with van der Waals surface area (Å²) in [6.07, 6.45) is 2.81. The van der Waals surface area contributed by atoms with Crippen molar-refractivity contribution in [3.05, 3.63) is 29.8 Å². The second kappa shape index (κ2) is 5.80. The van der Waals surface area contributed by atoms with Gasteiger partial charge in [0.05, 0.1) is 10.6 Å². The molecule has 6 nitrogen and oxygen atoms in total. The van der Waals surface area contributed by atoms with Crippen LogP contribution in [-0.2, 0) is 25.8 Å². The van der Waals surface area contributed by atoms with Crippen LogP contribution in [0.15, 0.2) is 29.2 Å². The molecule has 0 spiro atoms. The fourth-order valence-corrected chi connectivity index (χ4v) is 4.42. The van der Waals surface area contributed by atoms with Gasteiger partial charge < -0.3 is 0 Å². The average Bonchev–Trinajstić information content (AvgIpc) is 2.38. The molecule has 0 amide bonds. The first-order valence-electron chi connectivity index (χ1n) is 6.39. The maximum absolute atomic E-state index is 12.4. The molecule has 0 aliphatic carbocycles. The molecule has 1 heterocycles. The lowest BCUT2D eigenvalue weighted by atomic mass is 10.2. The van der Waals surface area contributed by atoms with Crippen molar-refractivity contribution < 1.29 is 16.8 Å². The third-order valence-electron chi connectivity index (χ3n) is 3.24. The maximum Gasteiger partial charge on any atom is 0.243 e. The highest BCUT2D eigenvalue weighted by molar-refractivity contribution is 7.89. The lowest BCUT2D eigenvalue weighted by Gasteiger charge is -2.25. The second-order valence-corrected chi connectivity index (χ2v) is 8.47. The van der Waals surface area contributed by atoms with Crippen LogP contribution in [0.4, 0.5) is 0 Å².